The summed E-state index contributed by atoms with van der Waals surface area (Å²) in [4.78, 5) is 0. The Balaban J connectivity index is 1.72. The predicted octanol–water partition coefficient (Wildman–Crippen LogP) is 5.60. The van der Waals surface area contributed by atoms with Crippen molar-refractivity contribution in [3.8, 4) is 11.5 Å². The van der Waals surface area contributed by atoms with Crippen LogP contribution in [0.4, 0.5) is 8.78 Å². The third-order valence-electron chi connectivity index (χ3n) is 5.22. The van der Waals surface area contributed by atoms with Crippen molar-refractivity contribution in [3.05, 3.63) is 71.3 Å². The maximum atomic E-state index is 14.9. The molecule has 5 heteroatoms. The molecule has 4 rings (SSSR count). The molecule has 1 aliphatic heterocycles. The summed E-state index contributed by atoms with van der Waals surface area (Å²) in [6.07, 6.45) is -3.76. The van der Waals surface area contributed by atoms with Crippen LogP contribution in [0.25, 0.3) is 10.8 Å². The van der Waals surface area contributed by atoms with E-state index < -0.39 is 18.1 Å². The van der Waals surface area contributed by atoms with E-state index in [-0.39, 0.29) is 12.2 Å². The molecular weight excluding hydrogens is 362 g/mol. The first-order chi connectivity index (χ1) is 13.4. The Hall–Kier alpha value is -2.66. The summed E-state index contributed by atoms with van der Waals surface area (Å²) in [5.74, 6) is -0.182. The van der Waals surface area contributed by atoms with E-state index in [9.17, 15) is 13.9 Å². The van der Waals surface area contributed by atoms with Gasteiger partial charge in [-0.3, -0.25) is 0 Å². The van der Waals surface area contributed by atoms with Crippen LogP contribution in [0.5, 0.6) is 11.5 Å². The van der Waals surface area contributed by atoms with Gasteiger partial charge in [0.15, 0.2) is 0 Å². The lowest BCUT2D eigenvalue weighted by Gasteiger charge is -2.34. The molecule has 3 aromatic rings. The van der Waals surface area contributed by atoms with E-state index in [1.807, 2.05) is 19.1 Å². The summed E-state index contributed by atoms with van der Waals surface area (Å²) in [6, 6.07) is 15.8. The topological polar surface area (TPSA) is 38.7 Å². The fourth-order valence-electron chi connectivity index (χ4n) is 3.73. The highest BCUT2D eigenvalue weighted by atomic mass is 19.3. The van der Waals surface area contributed by atoms with Crippen LogP contribution < -0.4 is 9.47 Å². The number of ether oxygens (including phenoxy) is 2. The van der Waals surface area contributed by atoms with Crippen molar-refractivity contribution in [1.29, 1.82) is 0 Å². The monoisotopic (exact) mass is 384 g/mol. The Morgan fingerprint density at radius 3 is 2.57 bits per heavy atom. The van der Waals surface area contributed by atoms with Crippen LogP contribution in [-0.4, -0.2) is 17.8 Å². The van der Waals surface area contributed by atoms with Gasteiger partial charge in [-0.05, 0) is 60.5 Å². The van der Waals surface area contributed by atoms with Crippen molar-refractivity contribution in [1.82, 2.24) is 0 Å². The Morgan fingerprint density at radius 1 is 1.14 bits per heavy atom. The van der Waals surface area contributed by atoms with Gasteiger partial charge in [-0.15, -0.1) is 0 Å². The van der Waals surface area contributed by atoms with Gasteiger partial charge in [0.25, 0.3) is 0 Å². The molecule has 0 amide bonds. The van der Waals surface area contributed by atoms with Gasteiger partial charge in [-0.1, -0.05) is 36.4 Å². The minimum atomic E-state index is -3.32. The van der Waals surface area contributed by atoms with E-state index in [0.717, 1.165) is 16.5 Å². The van der Waals surface area contributed by atoms with Crippen molar-refractivity contribution >= 4 is 10.8 Å². The van der Waals surface area contributed by atoms with Gasteiger partial charge in [-0.25, -0.2) is 0 Å². The third-order valence-corrected chi connectivity index (χ3v) is 5.22. The van der Waals surface area contributed by atoms with Crippen molar-refractivity contribution < 1.29 is 23.4 Å². The zero-order chi connectivity index (χ0) is 19.9. The Kier molecular flexibility index (Phi) is 4.71. The normalized spacial score (nSPS) is 19.0. The van der Waals surface area contributed by atoms with E-state index in [0.29, 0.717) is 23.3 Å². The first-order valence-corrected chi connectivity index (χ1v) is 9.42. The van der Waals surface area contributed by atoms with Gasteiger partial charge in [0.05, 0.1) is 18.6 Å². The Bertz CT molecular complexity index is 997. The molecule has 3 nitrogen and oxygen atoms in total. The second-order valence-corrected chi connectivity index (χ2v) is 7.13. The first-order valence-electron chi connectivity index (χ1n) is 9.42. The van der Waals surface area contributed by atoms with Gasteiger partial charge in [0, 0.05) is 5.39 Å². The molecular formula is C23H22F2O3. The van der Waals surface area contributed by atoms with E-state index in [2.05, 4.69) is 0 Å². The van der Waals surface area contributed by atoms with Crippen LogP contribution in [0.3, 0.4) is 0 Å². The second kappa shape index (κ2) is 7.06. The molecule has 0 radical (unpaired) electrons. The quantitative estimate of drug-likeness (QED) is 0.636. The van der Waals surface area contributed by atoms with Crippen molar-refractivity contribution in [2.75, 3.05) is 6.61 Å². The lowest BCUT2D eigenvalue weighted by molar-refractivity contribution is -0.200. The van der Waals surface area contributed by atoms with Gasteiger partial charge < -0.3 is 14.6 Å². The van der Waals surface area contributed by atoms with Crippen LogP contribution in [0.15, 0.2) is 54.6 Å². The van der Waals surface area contributed by atoms with Crippen LogP contribution in [0.2, 0.25) is 0 Å². The lowest BCUT2D eigenvalue weighted by atomic mass is 9.87. The van der Waals surface area contributed by atoms with E-state index in [1.54, 1.807) is 49.4 Å². The van der Waals surface area contributed by atoms with Crippen molar-refractivity contribution in [3.63, 3.8) is 0 Å². The Labute approximate surface area is 162 Å². The summed E-state index contributed by atoms with van der Waals surface area (Å²) >= 11 is 0. The number of benzene rings is 3. The second-order valence-electron chi connectivity index (χ2n) is 7.13. The Morgan fingerprint density at radius 2 is 1.89 bits per heavy atom. The van der Waals surface area contributed by atoms with Gasteiger partial charge in [0.1, 0.15) is 11.5 Å². The smallest absolute Gasteiger partial charge is 0.405 e. The predicted molar refractivity (Wildman–Crippen MR) is 104 cm³/mol. The highest BCUT2D eigenvalue weighted by molar-refractivity contribution is 5.90. The first kappa shape index (κ1) is 18.7. The van der Waals surface area contributed by atoms with Crippen LogP contribution in [0.1, 0.15) is 42.6 Å². The third kappa shape index (κ3) is 3.31. The fraction of sp³-hybridized carbons (Fsp3) is 0.304. The summed E-state index contributed by atoms with van der Waals surface area (Å²) < 4.78 is 40.5. The number of aliphatic hydroxyl groups is 1. The van der Waals surface area contributed by atoms with Gasteiger partial charge in [0.2, 0.25) is 0 Å². The summed E-state index contributed by atoms with van der Waals surface area (Å²) in [7, 11) is 0. The molecule has 0 bridgehead atoms. The standard InChI is InChI=1S/C23H22F2O3/c1-3-27-19-9-6-15(7-10-19)21-13-18-5-4-17-12-16(14(2)26)8-11-20(17)22(18)28-23(21,24)25/h4-12,14,21,26H,3,13H2,1-2H3. The molecule has 3 aromatic carbocycles. The largest absolute Gasteiger partial charge is 0.494 e. The molecule has 0 saturated carbocycles. The molecule has 1 heterocycles. The maximum Gasteiger partial charge on any atom is 0.405 e. The minimum absolute atomic E-state index is 0.185. The highest BCUT2D eigenvalue weighted by Crippen LogP contribution is 2.47. The number of halogens is 2. The zero-order valence-corrected chi connectivity index (χ0v) is 15.8. The molecule has 1 aliphatic rings. The fourth-order valence-corrected chi connectivity index (χ4v) is 3.73. The molecule has 1 N–H and O–H groups in total. The van der Waals surface area contributed by atoms with Crippen LogP contribution >= 0.6 is 0 Å². The van der Waals surface area contributed by atoms with Crippen LogP contribution in [-0.2, 0) is 6.42 Å². The SMILES string of the molecule is CCOc1ccc(C2Cc3ccc4cc(C(C)O)ccc4c3OC2(F)F)cc1. The van der Waals surface area contributed by atoms with Gasteiger partial charge >= 0.3 is 6.11 Å². The molecule has 2 atom stereocenters. The average Bonchev–Trinajstić information content (AvgIpc) is 2.67. The number of rotatable bonds is 4. The van der Waals surface area contributed by atoms with Crippen molar-refractivity contribution in [2.24, 2.45) is 0 Å². The van der Waals surface area contributed by atoms with E-state index in [1.165, 1.54) is 0 Å². The molecule has 2 unspecified atom stereocenters. The van der Waals surface area contributed by atoms with E-state index in [4.69, 9.17) is 9.47 Å². The lowest BCUT2D eigenvalue weighted by Crippen LogP contribution is -2.38. The summed E-state index contributed by atoms with van der Waals surface area (Å²) in [6.45, 7) is 4.08. The summed E-state index contributed by atoms with van der Waals surface area (Å²) in [5, 5.41) is 11.2. The zero-order valence-electron chi connectivity index (χ0n) is 15.8. The maximum absolute atomic E-state index is 14.9. The van der Waals surface area contributed by atoms with E-state index >= 15 is 0 Å². The number of hydrogen-bond acceptors (Lipinski definition) is 3. The molecule has 146 valence electrons. The number of hydrogen-bond donors (Lipinski definition) is 1. The van der Waals surface area contributed by atoms with Gasteiger partial charge in [-0.2, -0.15) is 8.78 Å². The van der Waals surface area contributed by atoms with Crippen molar-refractivity contribution in [2.45, 2.75) is 38.4 Å². The molecule has 0 spiro atoms. The molecule has 0 fully saturated rings. The number of aliphatic hydroxyl groups excluding tert-OH is 1. The highest BCUT2D eigenvalue weighted by Gasteiger charge is 2.47. The molecule has 0 aliphatic carbocycles. The molecule has 28 heavy (non-hydrogen) atoms. The van der Waals surface area contributed by atoms with Crippen LogP contribution in [0, 0.1) is 0 Å². The number of alkyl halides is 2. The number of fused-ring (bicyclic) bond motifs is 3. The minimum Gasteiger partial charge on any atom is -0.494 e. The molecule has 0 saturated heterocycles. The molecule has 0 aromatic heterocycles. The summed E-state index contributed by atoms with van der Waals surface area (Å²) in [5.41, 5.74) is 2.01. The average molecular weight is 384 g/mol.